The molecular weight excluding hydrogens is 542 g/mol. The SMILES string of the molecule is CC(=O)N(c1ccc(Cl)cc1)C1CC(C)N(C(=O)c2ccc(OCCn3ccnc3)cc2)c2ccccc21.NC=O. The first kappa shape index (κ1) is 29.4. The molecule has 0 spiro atoms. The van der Waals surface area contributed by atoms with E-state index >= 15 is 0 Å². The number of benzene rings is 3. The van der Waals surface area contributed by atoms with Crippen molar-refractivity contribution in [2.24, 2.45) is 5.73 Å². The number of amides is 3. The average molecular weight is 574 g/mol. The van der Waals surface area contributed by atoms with Gasteiger partial charge in [-0.1, -0.05) is 29.8 Å². The van der Waals surface area contributed by atoms with Crippen LogP contribution < -0.4 is 20.3 Å². The molecule has 3 aromatic carbocycles. The van der Waals surface area contributed by atoms with Gasteiger partial charge in [0.1, 0.15) is 12.4 Å². The highest BCUT2D eigenvalue weighted by atomic mass is 35.5. The number of ether oxygens (including phenoxy) is 1. The molecule has 1 aliphatic rings. The van der Waals surface area contributed by atoms with Crippen LogP contribution in [0.2, 0.25) is 5.02 Å². The van der Waals surface area contributed by atoms with Crippen LogP contribution in [-0.2, 0) is 16.1 Å². The van der Waals surface area contributed by atoms with E-state index < -0.39 is 0 Å². The molecule has 212 valence electrons. The number of imidazole rings is 1. The lowest BCUT2D eigenvalue weighted by Gasteiger charge is -2.43. The molecule has 0 saturated heterocycles. The Labute approximate surface area is 244 Å². The van der Waals surface area contributed by atoms with Crippen molar-refractivity contribution in [1.29, 1.82) is 0 Å². The first-order chi connectivity index (χ1) is 19.8. The van der Waals surface area contributed by atoms with Gasteiger partial charge in [-0.25, -0.2) is 4.98 Å². The first-order valence-electron chi connectivity index (χ1n) is 13.2. The zero-order valence-corrected chi connectivity index (χ0v) is 23.6. The molecule has 1 aromatic heterocycles. The summed E-state index contributed by atoms with van der Waals surface area (Å²) in [5.41, 5.74) is 7.26. The lowest BCUT2D eigenvalue weighted by Crippen LogP contribution is -2.47. The molecule has 0 bridgehead atoms. The third-order valence-corrected chi connectivity index (χ3v) is 7.07. The van der Waals surface area contributed by atoms with E-state index in [0.29, 0.717) is 35.9 Å². The molecule has 0 aliphatic carbocycles. The van der Waals surface area contributed by atoms with E-state index in [1.807, 2.05) is 71.1 Å². The van der Waals surface area contributed by atoms with Crippen molar-refractivity contribution >= 4 is 41.2 Å². The van der Waals surface area contributed by atoms with E-state index in [0.717, 1.165) is 16.9 Å². The van der Waals surface area contributed by atoms with Crippen LogP contribution in [-0.4, -0.2) is 40.4 Å². The maximum Gasteiger partial charge on any atom is 0.258 e. The number of aromatic nitrogens is 2. The van der Waals surface area contributed by atoms with E-state index in [4.69, 9.17) is 21.1 Å². The van der Waals surface area contributed by atoms with Gasteiger partial charge in [-0.2, -0.15) is 0 Å². The predicted molar refractivity (Wildman–Crippen MR) is 159 cm³/mol. The third kappa shape index (κ3) is 6.93. The third-order valence-electron chi connectivity index (χ3n) is 6.81. The molecule has 41 heavy (non-hydrogen) atoms. The summed E-state index contributed by atoms with van der Waals surface area (Å²) in [6.45, 7) is 4.78. The number of hydrogen-bond acceptors (Lipinski definition) is 5. The van der Waals surface area contributed by atoms with Crippen LogP contribution in [0.1, 0.15) is 42.2 Å². The number of carbonyl (C=O) groups excluding carboxylic acids is 3. The van der Waals surface area contributed by atoms with Crippen molar-refractivity contribution in [2.45, 2.75) is 38.9 Å². The lowest BCUT2D eigenvalue weighted by molar-refractivity contribution is -0.117. The molecule has 1 aliphatic heterocycles. The number of hydrogen-bond donors (Lipinski definition) is 1. The number of carbonyl (C=O) groups is 3. The van der Waals surface area contributed by atoms with Crippen molar-refractivity contribution in [3.63, 3.8) is 0 Å². The number of nitrogens with zero attached hydrogens (tertiary/aromatic N) is 4. The Hall–Kier alpha value is -4.63. The molecule has 2 N–H and O–H groups in total. The maximum absolute atomic E-state index is 13.8. The zero-order chi connectivity index (χ0) is 29.4. The number of nitrogens with two attached hydrogens (primary N) is 1. The zero-order valence-electron chi connectivity index (χ0n) is 22.9. The van der Waals surface area contributed by atoms with Gasteiger partial charge in [-0.05, 0) is 73.5 Å². The molecule has 10 heteroatoms. The summed E-state index contributed by atoms with van der Waals surface area (Å²) in [7, 11) is 0. The van der Waals surface area contributed by atoms with Crippen LogP contribution >= 0.6 is 11.6 Å². The second-order valence-corrected chi connectivity index (χ2v) is 9.95. The molecule has 3 amide bonds. The number of rotatable bonds is 7. The number of anilines is 2. The maximum atomic E-state index is 13.8. The number of fused-ring (bicyclic) bond motifs is 1. The fraction of sp³-hybridized carbons (Fsp3) is 0.226. The van der Waals surface area contributed by atoms with Crippen LogP contribution in [0, 0.1) is 0 Å². The van der Waals surface area contributed by atoms with Crippen LogP contribution in [0.3, 0.4) is 0 Å². The largest absolute Gasteiger partial charge is 0.492 e. The van der Waals surface area contributed by atoms with Gasteiger partial charge < -0.3 is 24.8 Å². The van der Waals surface area contributed by atoms with Crippen LogP contribution in [0.5, 0.6) is 5.75 Å². The van der Waals surface area contributed by atoms with Crippen molar-refractivity contribution in [3.8, 4) is 5.75 Å². The Morgan fingerprint density at radius 3 is 2.41 bits per heavy atom. The number of primary amides is 1. The van der Waals surface area contributed by atoms with Crippen molar-refractivity contribution in [3.05, 3.63) is 108 Å². The number of para-hydroxylation sites is 1. The Morgan fingerprint density at radius 2 is 1.78 bits per heavy atom. The minimum atomic E-state index is -0.213. The Kier molecular flexibility index (Phi) is 9.76. The van der Waals surface area contributed by atoms with Gasteiger partial charge in [0.05, 0.1) is 18.9 Å². The molecular formula is C31H32ClN5O4. The molecule has 2 heterocycles. The van der Waals surface area contributed by atoms with Crippen LogP contribution in [0.25, 0.3) is 0 Å². The highest BCUT2D eigenvalue weighted by Gasteiger charge is 2.38. The minimum Gasteiger partial charge on any atom is -0.492 e. The van der Waals surface area contributed by atoms with Crippen molar-refractivity contribution in [1.82, 2.24) is 9.55 Å². The lowest BCUT2D eigenvalue weighted by atomic mass is 9.89. The summed E-state index contributed by atoms with van der Waals surface area (Å²) < 4.78 is 7.77. The van der Waals surface area contributed by atoms with E-state index in [2.05, 4.69) is 10.7 Å². The van der Waals surface area contributed by atoms with Gasteiger partial charge in [0.15, 0.2) is 0 Å². The average Bonchev–Trinajstić information content (AvgIpc) is 3.48. The summed E-state index contributed by atoms with van der Waals surface area (Å²) >= 11 is 6.10. The number of halogens is 1. The summed E-state index contributed by atoms with van der Waals surface area (Å²) in [5, 5.41) is 0.612. The monoisotopic (exact) mass is 573 g/mol. The van der Waals surface area contributed by atoms with E-state index in [9.17, 15) is 9.59 Å². The van der Waals surface area contributed by atoms with Crippen molar-refractivity contribution < 1.29 is 19.1 Å². The van der Waals surface area contributed by atoms with Gasteiger partial charge in [0.25, 0.3) is 5.91 Å². The smallest absolute Gasteiger partial charge is 0.258 e. The second-order valence-electron chi connectivity index (χ2n) is 9.51. The van der Waals surface area contributed by atoms with E-state index in [-0.39, 0.29) is 30.3 Å². The van der Waals surface area contributed by atoms with Gasteiger partial charge >= 0.3 is 0 Å². The summed E-state index contributed by atoms with van der Waals surface area (Å²) in [5.74, 6) is 0.547. The molecule has 2 atom stereocenters. The molecule has 4 aromatic rings. The molecule has 2 unspecified atom stereocenters. The Morgan fingerprint density at radius 1 is 1.10 bits per heavy atom. The summed E-state index contributed by atoms with van der Waals surface area (Å²) in [6.07, 6.45) is 6.22. The highest BCUT2D eigenvalue weighted by Crippen LogP contribution is 2.43. The van der Waals surface area contributed by atoms with Gasteiger partial charge in [0.2, 0.25) is 12.3 Å². The molecule has 5 rings (SSSR count). The van der Waals surface area contributed by atoms with E-state index in [1.54, 1.807) is 48.6 Å². The molecule has 0 radical (unpaired) electrons. The molecule has 9 nitrogen and oxygen atoms in total. The fourth-order valence-electron chi connectivity index (χ4n) is 5.04. The second kappa shape index (κ2) is 13.6. The quantitative estimate of drug-likeness (QED) is 0.304. The first-order valence-corrected chi connectivity index (χ1v) is 13.5. The van der Waals surface area contributed by atoms with Gasteiger partial charge in [-0.15, -0.1) is 0 Å². The van der Waals surface area contributed by atoms with E-state index in [1.165, 1.54) is 0 Å². The topological polar surface area (TPSA) is 111 Å². The van der Waals surface area contributed by atoms with Crippen LogP contribution in [0.4, 0.5) is 11.4 Å². The summed E-state index contributed by atoms with van der Waals surface area (Å²) in [6, 6.07) is 22.0. The Bertz CT molecular complexity index is 1460. The summed E-state index contributed by atoms with van der Waals surface area (Å²) in [4.78, 5) is 42.8. The van der Waals surface area contributed by atoms with Crippen LogP contribution in [0.15, 0.2) is 91.5 Å². The molecule has 0 fully saturated rings. The Balaban J connectivity index is 0.00000124. The molecule has 0 saturated carbocycles. The van der Waals surface area contributed by atoms with Gasteiger partial charge in [0, 0.05) is 47.3 Å². The fourth-order valence-corrected chi connectivity index (χ4v) is 5.17. The predicted octanol–water partition coefficient (Wildman–Crippen LogP) is 5.25. The normalized spacial score (nSPS) is 15.6. The standard InChI is InChI=1S/C30H29ClN4O3.CH3NO/c1-21-19-29(35(22(2)36)25-11-9-24(31)10-12-25)27-5-3-4-6-28(27)34(21)30(37)23-7-13-26(14-8-23)38-18-17-33-16-15-32-20-33;2-1-3/h3-16,20-21,29H,17-19H2,1-2H3;1H,(H2,2,3). The van der Waals surface area contributed by atoms with Gasteiger partial charge in [-0.3, -0.25) is 14.4 Å². The van der Waals surface area contributed by atoms with Crippen molar-refractivity contribution in [2.75, 3.05) is 16.4 Å². The minimum absolute atomic E-state index is 0.0669. The highest BCUT2D eigenvalue weighted by molar-refractivity contribution is 6.30.